The number of aliphatic imine (C=N–C) groups is 2. The zero-order valence-electron chi connectivity index (χ0n) is 28.0. The first-order chi connectivity index (χ1) is 21.8. The highest BCUT2D eigenvalue weighted by molar-refractivity contribution is 6.18. The Morgan fingerprint density at radius 3 is 2.16 bits per heavy atom. The number of allylic oxidation sites excluding steroid dienone is 8. The van der Waals surface area contributed by atoms with Gasteiger partial charge in [0.1, 0.15) is 0 Å². The van der Waals surface area contributed by atoms with E-state index in [0.717, 1.165) is 54.2 Å². The van der Waals surface area contributed by atoms with E-state index < -0.39 is 0 Å². The number of nitrogens with zero attached hydrogens (tertiary/aromatic N) is 2. The quantitative estimate of drug-likeness (QED) is 0.306. The van der Waals surface area contributed by atoms with Gasteiger partial charge in [-0.05, 0) is 139 Å². The van der Waals surface area contributed by atoms with Crippen molar-refractivity contribution in [3.63, 3.8) is 0 Å². The third-order valence-electron chi connectivity index (χ3n) is 10.4. The lowest BCUT2D eigenvalue weighted by Crippen LogP contribution is -2.12. The largest absolute Gasteiger partial charge is 0.355 e. The predicted octanol–water partition coefficient (Wildman–Crippen LogP) is 8.37. The van der Waals surface area contributed by atoms with Crippen molar-refractivity contribution in [1.82, 2.24) is 9.97 Å². The molecule has 1 atom stereocenters. The number of H-pyrrole nitrogens is 2. The molecule has 3 aromatic rings. The third kappa shape index (κ3) is 4.57. The Balaban J connectivity index is 1.56. The van der Waals surface area contributed by atoms with Crippen molar-refractivity contribution in [2.45, 2.75) is 87.0 Å². The Kier molecular flexibility index (Phi) is 7.27. The summed E-state index contributed by atoms with van der Waals surface area (Å²) in [6.45, 7) is 18.0. The highest BCUT2D eigenvalue weighted by atomic mass is 14.9. The van der Waals surface area contributed by atoms with Crippen LogP contribution in [0.2, 0.25) is 0 Å². The molecule has 228 valence electrons. The first kappa shape index (κ1) is 29.3. The van der Waals surface area contributed by atoms with Gasteiger partial charge in [-0.2, -0.15) is 0 Å². The van der Waals surface area contributed by atoms with Crippen LogP contribution in [0.3, 0.4) is 0 Å². The SMILES string of the molecule is CCC1=C(C)/C2=C/C3C=C(/C=c4\[nH]/c(c(CC)c4C)=C\c4[nH]c(c(C)c4CC)C4=N/C(=C\C1=N2)C(CC)=C4C)c1ccccc13. The maximum atomic E-state index is 5.34. The summed E-state index contributed by atoms with van der Waals surface area (Å²) in [4.78, 5) is 18.3. The molecule has 4 heteroatoms. The number of aromatic amines is 2. The summed E-state index contributed by atoms with van der Waals surface area (Å²) in [5.41, 5.74) is 20.9. The van der Waals surface area contributed by atoms with Crippen LogP contribution in [0.15, 0.2) is 86.2 Å². The molecule has 0 saturated carbocycles. The number of aromatic nitrogens is 2. The normalized spacial score (nSPS) is 22.6. The molecule has 3 aliphatic heterocycles. The van der Waals surface area contributed by atoms with Crippen molar-refractivity contribution in [3.8, 4) is 0 Å². The van der Waals surface area contributed by atoms with Crippen LogP contribution < -0.4 is 10.7 Å². The minimum Gasteiger partial charge on any atom is -0.355 e. The topological polar surface area (TPSA) is 56.3 Å². The molecule has 45 heavy (non-hydrogen) atoms. The molecule has 1 aliphatic carbocycles. The smallest absolute Gasteiger partial charge is 0.0907 e. The van der Waals surface area contributed by atoms with Crippen molar-refractivity contribution in [2.75, 3.05) is 0 Å². The molecule has 0 fully saturated rings. The Morgan fingerprint density at radius 2 is 1.42 bits per heavy atom. The Hall–Kier alpha value is -4.44. The van der Waals surface area contributed by atoms with E-state index >= 15 is 0 Å². The van der Waals surface area contributed by atoms with Crippen LogP contribution in [-0.4, -0.2) is 21.4 Å². The number of hydrogen-bond donors (Lipinski definition) is 2. The molecule has 5 heterocycles. The molecule has 4 aliphatic rings. The molecule has 10 bridgehead atoms. The summed E-state index contributed by atoms with van der Waals surface area (Å²) in [6.07, 6.45) is 15.5. The van der Waals surface area contributed by atoms with Gasteiger partial charge in [-0.25, -0.2) is 9.98 Å². The maximum absolute atomic E-state index is 5.34. The molecule has 0 spiro atoms. The van der Waals surface area contributed by atoms with E-state index in [1.54, 1.807) is 0 Å². The Labute approximate surface area is 267 Å². The summed E-state index contributed by atoms with van der Waals surface area (Å²) < 4.78 is 0. The summed E-state index contributed by atoms with van der Waals surface area (Å²) >= 11 is 0. The third-order valence-corrected chi connectivity index (χ3v) is 10.4. The molecule has 0 amide bonds. The monoisotopic (exact) mass is 592 g/mol. The fourth-order valence-electron chi connectivity index (χ4n) is 7.93. The molecule has 0 radical (unpaired) electrons. The molecule has 1 unspecified atom stereocenters. The molecular weight excluding hydrogens is 548 g/mol. The van der Waals surface area contributed by atoms with Gasteiger partial charge < -0.3 is 9.97 Å². The number of hydrogen-bond acceptors (Lipinski definition) is 2. The Bertz CT molecular complexity index is 2120. The highest BCUT2D eigenvalue weighted by Gasteiger charge is 2.28. The number of rotatable bonds is 4. The van der Waals surface area contributed by atoms with E-state index in [4.69, 9.17) is 9.98 Å². The van der Waals surface area contributed by atoms with Crippen LogP contribution in [0.25, 0.3) is 17.7 Å². The molecular formula is C41H44N4. The van der Waals surface area contributed by atoms with Crippen molar-refractivity contribution >= 4 is 29.1 Å². The fraction of sp³-hybridized carbons (Fsp3) is 0.317. The molecule has 7 rings (SSSR count). The summed E-state index contributed by atoms with van der Waals surface area (Å²) in [7, 11) is 0. The van der Waals surface area contributed by atoms with Crippen molar-refractivity contribution < 1.29 is 0 Å². The van der Waals surface area contributed by atoms with Crippen LogP contribution >= 0.6 is 0 Å². The molecule has 1 aromatic carbocycles. The lowest BCUT2D eigenvalue weighted by molar-refractivity contribution is 1.07. The van der Waals surface area contributed by atoms with Crippen LogP contribution in [0.4, 0.5) is 0 Å². The van der Waals surface area contributed by atoms with E-state index in [2.05, 4.69) is 120 Å². The number of benzene rings is 1. The zero-order chi connectivity index (χ0) is 31.6. The van der Waals surface area contributed by atoms with Gasteiger partial charge in [0.2, 0.25) is 0 Å². The summed E-state index contributed by atoms with van der Waals surface area (Å²) in [5, 5.41) is 2.36. The van der Waals surface area contributed by atoms with Gasteiger partial charge in [-0.3, -0.25) is 0 Å². The summed E-state index contributed by atoms with van der Waals surface area (Å²) in [6, 6.07) is 8.84. The van der Waals surface area contributed by atoms with E-state index in [0.29, 0.717) is 0 Å². The van der Waals surface area contributed by atoms with Crippen LogP contribution in [-0.2, 0) is 12.8 Å². The van der Waals surface area contributed by atoms with Crippen molar-refractivity contribution in [3.05, 3.63) is 132 Å². The van der Waals surface area contributed by atoms with Crippen LogP contribution in [0, 0.1) is 13.8 Å². The average molecular weight is 593 g/mol. The number of fused-ring (bicyclic) bond motifs is 11. The van der Waals surface area contributed by atoms with Gasteiger partial charge in [-0.15, -0.1) is 0 Å². The van der Waals surface area contributed by atoms with Gasteiger partial charge in [0.15, 0.2) is 0 Å². The first-order valence-electron chi connectivity index (χ1n) is 16.7. The van der Waals surface area contributed by atoms with Gasteiger partial charge in [0.25, 0.3) is 0 Å². The molecule has 4 nitrogen and oxygen atoms in total. The lowest BCUT2D eigenvalue weighted by atomic mass is 9.96. The van der Waals surface area contributed by atoms with E-state index in [-0.39, 0.29) is 5.92 Å². The van der Waals surface area contributed by atoms with Gasteiger partial charge in [0, 0.05) is 22.3 Å². The van der Waals surface area contributed by atoms with E-state index in [1.165, 1.54) is 77.6 Å². The van der Waals surface area contributed by atoms with Crippen molar-refractivity contribution in [2.24, 2.45) is 9.98 Å². The fourth-order valence-corrected chi connectivity index (χ4v) is 7.93. The van der Waals surface area contributed by atoms with E-state index in [9.17, 15) is 0 Å². The Morgan fingerprint density at radius 1 is 0.667 bits per heavy atom. The van der Waals surface area contributed by atoms with Gasteiger partial charge in [-0.1, -0.05) is 58.0 Å². The molecule has 2 aromatic heterocycles. The van der Waals surface area contributed by atoms with E-state index in [1.807, 2.05) is 0 Å². The first-order valence-corrected chi connectivity index (χ1v) is 16.7. The minimum atomic E-state index is 0.164. The van der Waals surface area contributed by atoms with Crippen molar-refractivity contribution in [1.29, 1.82) is 0 Å². The predicted molar refractivity (Wildman–Crippen MR) is 190 cm³/mol. The second-order valence-corrected chi connectivity index (χ2v) is 12.8. The maximum Gasteiger partial charge on any atom is 0.0907 e. The van der Waals surface area contributed by atoms with Crippen LogP contribution in [0.1, 0.15) is 105 Å². The number of nitrogens with one attached hydrogen (secondary N) is 2. The second kappa shape index (κ2) is 11.2. The second-order valence-electron chi connectivity index (χ2n) is 12.8. The summed E-state index contributed by atoms with van der Waals surface area (Å²) in [5.74, 6) is 0.164. The average Bonchev–Trinajstić information content (AvgIpc) is 3.79. The van der Waals surface area contributed by atoms with Gasteiger partial charge >= 0.3 is 0 Å². The lowest BCUT2D eigenvalue weighted by Gasteiger charge is -2.07. The zero-order valence-corrected chi connectivity index (χ0v) is 28.0. The minimum absolute atomic E-state index is 0.164. The standard InChI is InChI=1S/C41H44N4/c1-9-28-22(5)34-18-26-17-27(33-16-14-13-15-32(26)33)19-35-23(6)29(10-2)37(43-35)21-39-31(12-4)25(8)41(45-39)40-24(7)30(11-3)38(44-40)20-36(28)42-34/h13-21,26,43,45H,9-12H2,1-8H3/b34-18-,35-19-,37-21-,38-20-. The van der Waals surface area contributed by atoms with Gasteiger partial charge in [0.05, 0.1) is 28.5 Å². The van der Waals surface area contributed by atoms with Crippen LogP contribution in [0.5, 0.6) is 0 Å². The molecule has 2 N–H and O–H groups in total. The molecule has 0 saturated heterocycles. The highest BCUT2D eigenvalue weighted by Crippen LogP contribution is 2.41.